The number of methoxy groups -OCH3 is 1. The van der Waals surface area contributed by atoms with E-state index in [1.165, 1.54) is 0 Å². The van der Waals surface area contributed by atoms with E-state index in [4.69, 9.17) is 14.6 Å². The van der Waals surface area contributed by atoms with E-state index >= 15 is 0 Å². The molecule has 0 radical (unpaired) electrons. The molecule has 0 aliphatic carbocycles. The predicted octanol–water partition coefficient (Wildman–Crippen LogP) is 1.68. The number of hydrogen-bond acceptors (Lipinski definition) is 3. The summed E-state index contributed by atoms with van der Waals surface area (Å²) in [7, 11) is 1.65. The highest BCUT2D eigenvalue weighted by molar-refractivity contribution is 5.66. The zero-order valence-electron chi connectivity index (χ0n) is 8.99. The van der Waals surface area contributed by atoms with Gasteiger partial charge in [-0.1, -0.05) is 19.8 Å². The summed E-state index contributed by atoms with van der Waals surface area (Å²) in [5.41, 5.74) is 0. The van der Waals surface area contributed by atoms with Crippen molar-refractivity contribution in [2.75, 3.05) is 20.3 Å². The van der Waals surface area contributed by atoms with Gasteiger partial charge in [0.05, 0.1) is 25.7 Å². The molecule has 14 heavy (non-hydrogen) atoms. The Bertz CT molecular complexity index is 147. The molecule has 1 N–H and O–H groups in total. The number of carboxylic acids is 1. The minimum atomic E-state index is -0.826. The van der Waals surface area contributed by atoms with E-state index in [9.17, 15) is 4.79 Å². The van der Waals surface area contributed by atoms with Crippen molar-refractivity contribution in [1.82, 2.24) is 0 Å². The molecule has 4 heteroatoms. The molecule has 0 saturated carbocycles. The van der Waals surface area contributed by atoms with Crippen molar-refractivity contribution in [3.63, 3.8) is 0 Å². The Morgan fingerprint density at radius 1 is 1.50 bits per heavy atom. The molecular weight excluding hydrogens is 184 g/mol. The summed E-state index contributed by atoms with van der Waals surface area (Å²) in [6.07, 6.45) is 3.38. The minimum Gasteiger partial charge on any atom is -0.481 e. The lowest BCUT2D eigenvalue weighted by atomic mass is 10.2. The van der Waals surface area contributed by atoms with Crippen LogP contribution in [0.25, 0.3) is 0 Å². The van der Waals surface area contributed by atoms with Gasteiger partial charge in [0.1, 0.15) is 0 Å². The molecule has 4 nitrogen and oxygen atoms in total. The maximum atomic E-state index is 10.2. The predicted molar refractivity (Wildman–Crippen MR) is 53.4 cm³/mol. The van der Waals surface area contributed by atoms with Crippen LogP contribution in [0.3, 0.4) is 0 Å². The van der Waals surface area contributed by atoms with Crippen molar-refractivity contribution in [2.45, 2.75) is 38.7 Å². The molecular formula is C10H20O4. The summed E-state index contributed by atoms with van der Waals surface area (Å²) >= 11 is 0. The molecule has 0 aliphatic rings. The summed E-state index contributed by atoms with van der Waals surface area (Å²) < 4.78 is 10.4. The second-order valence-electron chi connectivity index (χ2n) is 3.22. The fraction of sp³-hybridized carbons (Fsp3) is 0.900. The highest BCUT2D eigenvalue weighted by Crippen LogP contribution is 2.04. The second-order valence-corrected chi connectivity index (χ2v) is 3.22. The number of ether oxygens (including phenoxy) is 2. The molecule has 0 heterocycles. The topological polar surface area (TPSA) is 55.8 Å². The molecule has 1 unspecified atom stereocenters. The van der Waals surface area contributed by atoms with Crippen LogP contribution >= 0.6 is 0 Å². The Hall–Kier alpha value is -0.610. The lowest BCUT2D eigenvalue weighted by Gasteiger charge is -2.14. The SMILES string of the molecule is CCCCC(COCCC(=O)O)OC. The molecule has 0 saturated heterocycles. The molecule has 0 bridgehead atoms. The van der Waals surface area contributed by atoms with Gasteiger partial charge in [0, 0.05) is 7.11 Å². The second kappa shape index (κ2) is 8.97. The van der Waals surface area contributed by atoms with E-state index in [1.807, 2.05) is 0 Å². The maximum absolute atomic E-state index is 10.2. The molecule has 0 amide bonds. The van der Waals surface area contributed by atoms with E-state index in [0.29, 0.717) is 6.61 Å². The number of rotatable bonds is 9. The summed E-state index contributed by atoms with van der Waals surface area (Å²) in [5, 5.41) is 8.37. The third-order valence-electron chi connectivity index (χ3n) is 1.98. The summed E-state index contributed by atoms with van der Waals surface area (Å²) in [5.74, 6) is -0.826. The van der Waals surface area contributed by atoms with E-state index in [-0.39, 0.29) is 19.1 Å². The van der Waals surface area contributed by atoms with Crippen LogP contribution in [0.15, 0.2) is 0 Å². The van der Waals surface area contributed by atoms with Gasteiger partial charge < -0.3 is 14.6 Å². The third-order valence-corrected chi connectivity index (χ3v) is 1.98. The standard InChI is InChI=1S/C10H20O4/c1-3-4-5-9(13-2)8-14-7-6-10(11)12/h9H,3-8H2,1-2H3,(H,11,12). The van der Waals surface area contributed by atoms with Crippen LogP contribution in [0.4, 0.5) is 0 Å². The molecule has 0 aromatic carbocycles. The zero-order chi connectivity index (χ0) is 10.8. The van der Waals surface area contributed by atoms with Gasteiger partial charge in [-0.05, 0) is 6.42 Å². The summed E-state index contributed by atoms with van der Waals surface area (Å²) in [6.45, 7) is 2.88. The largest absolute Gasteiger partial charge is 0.481 e. The van der Waals surface area contributed by atoms with Gasteiger partial charge >= 0.3 is 5.97 Å². The Balaban J connectivity index is 3.37. The quantitative estimate of drug-likeness (QED) is 0.580. The molecule has 0 aromatic heterocycles. The van der Waals surface area contributed by atoms with Crippen molar-refractivity contribution >= 4 is 5.97 Å². The fourth-order valence-electron chi connectivity index (χ4n) is 1.08. The molecule has 0 rings (SSSR count). The van der Waals surface area contributed by atoms with Crippen molar-refractivity contribution in [3.8, 4) is 0 Å². The zero-order valence-corrected chi connectivity index (χ0v) is 8.99. The van der Waals surface area contributed by atoms with Gasteiger partial charge in [-0.2, -0.15) is 0 Å². The average Bonchev–Trinajstić information content (AvgIpc) is 2.16. The smallest absolute Gasteiger partial charge is 0.305 e. The van der Waals surface area contributed by atoms with E-state index in [1.54, 1.807) is 7.11 Å². The first-order valence-electron chi connectivity index (χ1n) is 5.03. The van der Waals surface area contributed by atoms with Crippen LogP contribution in [-0.2, 0) is 14.3 Å². The van der Waals surface area contributed by atoms with Gasteiger partial charge in [-0.3, -0.25) is 4.79 Å². The Morgan fingerprint density at radius 2 is 2.21 bits per heavy atom. The third kappa shape index (κ3) is 8.01. The number of carboxylic acid groups (broad SMARTS) is 1. The number of aliphatic carboxylic acids is 1. The molecule has 0 fully saturated rings. The van der Waals surface area contributed by atoms with Crippen LogP contribution in [0.1, 0.15) is 32.6 Å². The molecule has 0 aliphatic heterocycles. The van der Waals surface area contributed by atoms with Crippen molar-refractivity contribution in [2.24, 2.45) is 0 Å². The summed E-state index contributed by atoms with van der Waals surface area (Å²) in [6, 6.07) is 0. The van der Waals surface area contributed by atoms with Gasteiger partial charge in [-0.15, -0.1) is 0 Å². The number of unbranched alkanes of at least 4 members (excludes halogenated alkanes) is 1. The van der Waals surface area contributed by atoms with Crippen molar-refractivity contribution < 1.29 is 19.4 Å². The Labute approximate surface area is 85.2 Å². The first-order chi connectivity index (χ1) is 6.70. The Kier molecular flexibility index (Phi) is 8.57. The summed E-state index contributed by atoms with van der Waals surface area (Å²) in [4.78, 5) is 10.2. The molecule has 0 aromatic rings. The molecule has 1 atom stereocenters. The minimum absolute atomic E-state index is 0.0597. The van der Waals surface area contributed by atoms with Crippen LogP contribution in [0, 0.1) is 0 Å². The molecule has 0 spiro atoms. The lowest BCUT2D eigenvalue weighted by molar-refractivity contribution is -0.138. The average molecular weight is 204 g/mol. The highest BCUT2D eigenvalue weighted by Gasteiger charge is 2.06. The first kappa shape index (κ1) is 13.4. The van der Waals surface area contributed by atoms with Crippen LogP contribution in [-0.4, -0.2) is 37.5 Å². The van der Waals surface area contributed by atoms with Crippen LogP contribution in [0.5, 0.6) is 0 Å². The van der Waals surface area contributed by atoms with Gasteiger partial charge in [0.15, 0.2) is 0 Å². The molecule has 84 valence electrons. The van der Waals surface area contributed by atoms with Crippen LogP contribution < -0.4 is 0 Å². The van der Waals surface area contributed by atoms with Gasteiger partial charge in [0.2, 0.25) is 0 Å². The maximum Gasteiger partial charge on any atom is 0.305 e. The van der Waals surface area contributed by atoms with Crippen molar-refractivity contribution in [1.29, 1.82) is 0 Å². The first-order valence-corrected chi connectivity index (χ1v) is 5.03. The van der Waals surface area contributed by atoms with E-state index < -0.39 is 5.97 Å². The van der Waals surface area contributed by atoms with Crippen molar-refractivity contribution in [3.05, 3.63) is 0 Å². The lowest BCUT2D eigenvalue weighted by Crippen LogP contribution is -2.19. The monoisotopic (exact) mass is 204 g/mol. The Morgan fingerprint density at radius 3 is 2.71 bits per heavy atom. The van der Waals surface area contributed by atoms with Gasteiger partial charge in [0.25, 0.3) is 0 Å². The number of carbonyl (C=O) groups is 1. The van der Waals surface area contributed by atoms with Gasteiger partial charge in [-0.25, -0.2) is 0 Å². The number of hydrogen-bond donors (Lipinski definition) is 1. The van der Waals surface area contributed by atoms with E-state index in [2.05, 4.69) is 6.92 Å². The highest BCUT2D eigenvalue weighted by atomic mass is 16.5. The fourth-order valence-corrected chi connectivity index (χ4v) is 1.08. The normalized spacial score (nSPS) is 12.7. The van der Waals surface area contributed by atoms with E-state index in [0.717, 1.165) is 19.3 Å². The van der Waals surface area contributed by atoms with Crippen LogP contribution in [0.2, 0.25) is 0 Å².